The Kier molecular flexibility index (Phi) is 4.19. The Hall–Kier alpha value is -2.94. The van der Waals surface area contributed by atoms with E-state index in [1.807, 2.05) is 0 Å². The highest BCUT2D eigenvalue weighted by Gasteiger charge is 2.24. The molecule has 3 aromatic rings. The van der Waals surface area contributed by atoms with Gasteiger partial charge >= 0.3 is 5.69 Å². The average molecular weight is 377 g/mol. The first-order valence-corrected chi connectivity index (χ1v) is 9.09. The maximum Gasteiger partial charge on any atom is 0.328 e. The molecule has 1 N–H and O–H groups in total. The lowest BCUT2D eigenvalue weighted by atomic mass is 10.2. The molecule has 0 bridgehead atoms. The standard InChI is InChI=1S/C17H16FN3O4S/c1-10(22)19-13-8-14-15(21(3)17(23)20(14)2)9-16(13)26(24,25)12-6-4-11(18)5-7-12/h4-9H,1-3H3,(H,19,22). The fraction of sp³-hybridized carbons (Fsp3) is 0.176. The van der Waals surface area contributed by atoms with Gasteiger partial charge in [0.2, 0.25) is 15.7 Å². The van der Waals surface area contributed by atoms with Crippen molar-refractivity contribution in [3.63, 3.8) is 0 Å². The van der Waals surface area contributed by atoms with E-state index in [2.05, 4.69) is 5.32 Å². The van der Waals surface area contributed by atoms with Crippen molar-refractivity contribution in [2.24, 2.45) is 14.1 Å². The fourth-order valence-electron chi connectivity index (χ4n) is 2.78. The summed E-state index contributed by atoms with van der Waals surface area (Å²) in [5.74, 6) is -1.02. The van der Waals surface area contributed by atoms with Gasteiger partial charge in [-0.3, -0.25) is 13.9 Å². The van der Waals surface area contributed by atoms with Gasteiger partial charge in [0.15, 0.2) is 0 Å². The monoisotopic (exact) mass is 377 g/mol. The third-order valence-electron chi connectivity index (χ3n) is 4.10. The summed E-state index contributed by atoms with van der Waals surface area (Å²) >= 11 is 0. The second-order valence-corrected chi connectivity index (χ2v) is 7.79. The summed E-state index contributed by atoms with van der Waals surface area (Å²) in [5, 5.41) is 2.49. The maximum atomic E-state index is 13.1. The zero-order chi connectivity index (χ0) is 19.2. The maximum absolute atomic E-state index is 13.1. The van der Waals surface area contributed by atoms with Gasteiger partial charge in [-0.2, -0.15) is 0 Å². The molecule has 1 aromatic heterocycles. The Balaban J connectivity index is 2.35. The lowest BCUT2D eigenvalue weighted by Gasteiger charge is -2.12. The van der Waals surface area contributed by atoms with Crippen LogP contribution < -0.4 is 11.0 Å². The number of amides is 1. The lowest BCUT2D eigenvalue weighted by Crippen LogP contribution is -2.19. The molecule has 1 amide bonds. The molecule has 0 radical (unpaired) electrons. The third kappa shape index (κ3) is 2.80. The predicted octanol–water partition coefficient (Wildman–Crippen LogP) is 1.81. The number of imidazole rings is 1. The summed E-state index contributed by atoms with van der Waals surface area (Å²) in [5.41, 5.74) is 0.590. The number of rotatable bonds is 3. The molecule has 9 heteroatoms. The minimum atomic E-state index is -4.05. The molecule has 2 aromatic carbocycles. The summed E-state index contributed by atoms with van der Waals surface area (Å²) < 4.78 is 41.9. The van der Waals surface area contributed by atoms with Crippen molar-refractivity contribution in [2.75, 3.05) is 5.32 Å². The van der Waals surface area contributed by atoms with E-state index in [1.54, 1.807) is 7.05 Å². The largest absolute Gasteiger partial charge is 0.328 e. The Morgan fingerprint density at radius 2 is 1.58 bits per heavy atom. The average Bonchev–Trinajstić information content (AvgIpc) is 2.78. The molecule has 0 spiro atoms. The Morgan fingerprint density at radius 3 is 2.12 bits per heavy atom. The number of sulfone groups is 1. The highest BCUT2D eigenvalue weighted by molar-refractivity contribution is 7.91. The van der Waals surface area contributed by atoms with E-state index < -0.39 is 21.6 Å². The molecule has 3 rings (SSSR count). The molecule has 0 unspecified atom stereocenters. The van der Waals surface area contributed by atoms with Crippen molar-refractivity contribution in [3.8, 4) is 0 Å². The normalized spacial score (nSPS) is 11.7. The minimum Gasteiger partial charge on any atom is -0.325 e. The second-order valence-electron chi connectivity index (χ2n) is 5.88. The molecular weight excluding hydrogens is 361 g/mol. The Bertz CT molecular complexity index is 1190. The molecule has 0 aliphatic rings. The van der Waals surface area contributed by atoms with E-state index in [4.69, 9.17) is 0 Å². The predicted molar refractivity (Wildman–Crippen MR) is 94.3 cm³/mol. The molecule has 0 aliphatic heterocycles. The van der Waals surface area contributed by atoms with Crippen LogP contribution in [0.5, 0.6) is 0 Å². The van der Waals surface area contributed by atoms with Crippen LogP contribution in [-0.2, 0) is 28.7 Å². The van der Waals surface area contributed by atoms with Crippen LogP contribution in [0.1, 0.15) is 6.92 Å². The summed E-state index contributed by atoms with van der Waals surface area (Å²) in [7, 11) is -0.973. The topological polar surface area (TPSA) is 90.2 Å². The van der Waals surface area contributed by atoms with Crippen LogP contribution in [0, 0.1) is 5.82 Å². The van der Waals surface area contributed by atoms with Gasteiger partial charge in [-0.15, -0.1) is 0 Å². The number of aryl methyl sites for hydroxylation is 2. The van der Waals surface area contributed by atoms with Gasteiger partial charge in [-0.25, -0.2) is 17.6 Å². The number of halogens is 1. The molecule has 0 aliphatic carbocycles. The Labute approximate surface area is 148 Å². The summed E-state index contributed by atoms with van der Waals surface area (Å²) in [6.07, 6.45) is 0. The molecule has 26 heavy (non-hydrogen) atoms. The van der Waals surface area contributed by atoms with Crippen LogP contribution in [-0.4, -0.2) is 23.5 Å². The van der Waals surface area contributed by atoms with Gasteiger partial charge in [0.05, 0.1) is 26.5 Å². The first-order chi connectivity index (χ1) is 12.1. The van der Waals surface area contributed by atoms with Crippen LogP contribution >= 0.6 is 0 Å². The number of hydrogen-bond acceptors (Lipinski definition) is 4. The van der Waals surface area contributed by atoms with Gasteiger partial charge in [-0.05, 0) is 36.4 Å². The smallest absolute Gasteiger partial charge is 0.325 e. The number of nitrogens with zero attached hydrogens (tertiary/aromatic N) is 2. The summed E-state index contributed by atoms with van der Waals surface area (Å²) in [6, 6.07) is 7.16. The van der Waals surface area contributed by atoms with Gasteiger partial charge < -0.3 is 5.32 Å². The second kappa shape index (κ2) is 6.10. The zero-order valence-electron chi connectivity index (χ0n) is 14.3. The fourth-order valence-corrected chi connectivity index (χ4v) is 4.19. The van der Waals surface area contributed by atoms with Crippen molar-refractivity contribution in [1.29, 1.82) is 0 Å². The number of hydrogen-bond donors (Lipinski definition) is 1. The van der Waals surface area contributed by atoms with Crippen LogP contribution in [0.3, 0.4) is 0 Å². The lowest BCUT2D eigenvalue weighted by molar-refractivity contribution is -0.114. The van der Waals surface area contributed by atoms with E-state index in [-0.39, 0.29) is 21.2 Å². The Morgan fingerprint density at radius 1 is 1.04 bits per heavy atom. The molecule has 0 fully saturated rings. The first-order valence-electron chi connectivity index (χ1n) is 7.60. The van der Waals surface area contributed by atoms with E-state index in [0.29, 0.717) is 11.0 Å². The molecule has 136 valence electrons. The molecule has 1 heterocycles. The van der Waals surface area contributed by atoms with Crippen LogP contribution in [0.4, 0.5) is 10.1 Å². The highest BCUT2D eigenvalue weighted by atomic mass is 32.2. The zero-order valence-corrected chi connectivity index (χ0v) is 15.1. The number of aromatic nitrogens is 2. The number of nitrogens with one attached hydrogen (secondary N) is 1. The minimum absolute atomic E-state index is 0.0514. The van der Waals surface area contributed by atoms with Crippen LogP contribution in [0.2, 0.25) is 0 Å². The number of anilines is 1. The number of fused-ring (bicyclic) bond motifs is 1. The van der Waals surface area contributed by atoms with Crippen molar-refractivity contribution in [2.45, 2.75) is 16.7 Å². The van der Waals surface area contributed by atoms with Crippen molar-refractivity contribution in [1.82, 2.24) is 9.13 Å². The highest BCUT2D eigenvalue weighted by Crippen LogP contribution is 2.31. The van der Waals surface area contributed by atoms with Gasteiger partial charge in [0, 0.05) is 21.0 Å². The third-order valence-corrected chi connectivity index (χ3v) is 5.91. The molecule has 7 nitrogen and oxygen atoms in total. The number of carbonyl (C=O) groups excluding carboxylic acids is 1. The molecular formula is C17H16FN3O4S. The van der Waals surface area contributed by atoms with Gasteiger partial charge in [0.25, 0.3) is 0 Å². The quantitative estimate of drug-likeness (QED) is 0.705. The first kappa shape index (κ1) is 17.9. The van der Waals surface area contributed by atoms with Crippen molar-refractivity contribution < 1.29 is 17.6 Å². The van der Waals surface area contributed by atoms with Crippen molar-refractivity contribution in [3.05, 3.63) is 52.7 Å². The van der Waals surface area contributed by atoms with Crippen LogP contribution in [0.25, 0.3) is 11.0 Å². The van der Waals surface area contributed by atoms with E-state index >= 15 is 0 Å². The SMILES string of the molecule is CC(=O)Nc1cc2c(cc1S(=O)(=O)c1ccc(F)cc1)n(C)c(=O)n2C. The summed E-state index contributed by atoms with van der Waals surface area (Å²) in [6.45, 7) is 1.25. The van der Waals surface area contributed by atoms with Gasteiger partial charge in [0.1, 0.15) is 5.82 Å². The van der Waals surface area contributed by atoms with Crippen molar-refractivity contribution >= 4 is 32.5 Å². The van der Waals surface area contributed by atoms with E-state index in [1.165, 1.54) is 35.2 Å². The molecule has 0 saturated heterocycles. The number of carbonyl (C=O) groups is 1. The molecule has 0 atom stereocenters. The number of benzene rings is 2. The van der Waals surface area contributed by atoms with Gasteiger partial charge in [-0.1, -0.05) is 0 Å². The molecule has 0 saturated carbocycles. The summed E-state index contributed by atoms with van der Waals surface area (Å²) in [4.78, 5) is 23.4. The van der Waals surface area contributed by atoms with E-state index in [9.17, 15) is 22.4 Å². The van der Waals surface area contributed by atoms with E-state index in [0.717, 1.165) is 24.3 Å². The van der Waals surface area contributed by atoms with Crippen LogP contribution in [0.15, 0.2) is 51.0 Å².